The van der Waals surface area contributed by atoms with Crippen LogP contribution in [0.5, 0.6) is 5.75 Å². The van der Waals surface area contributed by atoms with Crippen LogP contribution in [0.4, 0.5) is 0 Å². The number of benzene rings is 1. The molecule has 0 aliphatic rings. The van der Waals surface area contributed by atoms with Gasteiger partial charge in [-0.15, -0.1) is 0 Å². The summed E-state index contributed by atoms with van der Waals surface area (Å²) in [5.41, 5.74) is 4.98. The summed E-state index contributed by atoms with van der Waals surface area (Å²) in [5, 5.41) is 9.31. The van der Waals surface area contributed by atoms with Crippen molar-refractivity contribution in [3.8, 4) is 5.75 Å². The zero-order valence-electron chi connectivity index (χ0n) is 13.7. The molecule has 0 aromatic heterocycles. The van der Waals surface area contributed by atoms with Crippen molar-refractivity contribution in [1.29, 1.82) is 0 Å². The average molecular weight is 201 g/mol. The summed E-state index contributed by atoms with van der Waals surface area (Å²) in [6.07, 6.45) is -0.900. The largest absolute Gasteiger partial charge is 0.491 e. The third-order valence-corrected chi connectivity index (χ3v) is 1.62. The molecule has 0 saturated heterocycles. The van der Waals surface area contributed by atoms with Crippen molar-refractivity contribution in [2.45, 2.75) is 19.8 Å². The van der Waals surface area contributed by atoms with Gasteiger partial charge in [0.25, 0.3) is 0 Å². The highest BCUT2D eigenvalue weighted by molar-refractivity contribution is 5.32. The van der Waals surface area contributed by atoms with E-state index < -0.39 is 19.8 Å². The van der Waals surface area contributed by atoms with E-state index in [1.54, 1.807) is 0 Å². The molecule has 0 aliphatic carbocycles. The fourth-order valence-electron chi connectivity index (χ4n) is 0.943. The molecule has 78 valence electrons. The van der Waals surface area contributed by atoms with Crippen LogP contribution in [0.1, 0.15) is 19.4 Å². The summed E-state index contributed by atoms with van der Waals surface area (Å²) in [5.74, 6) is 0.0808. The molecule has 1 atom stereocenters. The van der Waals surface area contributed by atoms with Gasteiger partial charge in [0.2, 0.25) is 0 Å². The van der Waals surface area contributed by atoms with Gasteiger partial charge in [0.15, 0.2) is 0 Å². The normalized spacial score (nSPS) is 20.7. The van der Waals surface area contributed by atoms with Gasteiger partial charge in [-0.3, -0.25) is 0 Å². The second kappa shape index (κ2) is 4.98. The number of aliphatic hydroxyl groups is 1. The molecular weight excluding hydrogens is 178 g/mol. The zero-order chi connectivity index (χ0) is 15.6. The Morgan fingerprint density at radius 2 is 2.07 bits per heavy atom. The molecule has 0 heterocycles. The minimum atomic E-state index is -2.44. The third-order valence-electron chi connectivity index (χ3n) is 1.62. The van der Waals surface area contributed by atoms with Gasteiger partial charge in [-0.1, -0.05) is 6.07 Å². The van der Waals surface area contributed by atoms with Gasteiger partial charge in [-0.2, -0.15) is 0 Å². The number of aryl methyl sites for hydroxylation is 2. The maximum absolute atomic E-state index is 9.31. The highest BCUT2D eigenvalue weighted by Crippen LogP contribution is 2.16. The van der Waals surface area contributed by atoms with Gasteiger partial charge in [0.05, 0.1) is 0 Å². The Labute approximate surface area is 92.9 Å². The fraction of sp³-hybridized carbons (Fsp3) is 0.455. The van der Waals surface area contributed by atoms with Crippen molar-refractivity contribution < 1.29 is 18.1 Å². The smallest absolute Gasteiger partial charge is 0.119 e. The lowest BCUT2D eigenvalue weighted by Crippen LogP contribution is -2.26. The number of hydrogen-bond donors (Lipinski definition) is 2. The SMILES string of the molecule is [2H]C([2H])([2H])c1cc(OCC(O)CN)cc(C([2H])([2H])[2H])c1. The van der Waals surface area contributed by atoms with E-state index in [0.29, 0.717) is 0 Å². The standard InChI is InChI=1S/C11H17NO2/c1-8-3-9(2)5-11(4-8)14-7-10(13)6-12/h3-5,10,13H,6-7,12H2,1-2H3/i1D3,2D3. The minimum absolute atomic E-state index is 0.00884. The van der Waals surface area contributed by atoms with Crippen LogP contribution in [0, 0.1) is 13.7 Å². The molecule has 0 aliphatic heterocycles. The van der Waals surface area contributed by atoms with E-state index in [9.17, 15) is 5.11 Å². The fourth-order valence-corrected chi connectivity index (χ4v) is 0.943. The highest BCUT2D eigenvalue weighted by atomic mass is 16.5. The molecule has 1 aromatic carbocycles. The van der Waals surface area contributed by atoms with E-state index in [1.165, 1.54) is 12.1 Å². The molecule has 3 N–H and O–H groups in total. The summed E-state index contributed by atoms with van der Waals surface area (Å²) in [6, 6.07) is 3.60. The van der Waals surface area contributed by atoms with Crippen molar-refractivity contribution in [2.24, 2.45) is 5.73 Å². The summed E-state index contributed by atoms with van der Waals surface area (Å²) >= 11 is 0. The number of rotatable bonds is 4. The van der Waals surface area contributed by atoms with Gasteiger partial charge in [-0.25, -0.2) is 0 Å². The van der Waals surface area contributed by atoms with Crippen LogP contribution in [0.2, 0.25) is 0 Å². The first-order valence-corrected chi connectivity index (χ1v) is 4.21. The van der Waals surface area contributed by atoms with Crippen LogP contribution < -0.4 is 10.5 Å². The van der Waals surface area contributed by atoms with Crippen LogP contribution in [-0.2, 0) is 0 Å². The van der Waals surface area contributed by atoms with Gasteiger partial charge in [0, 0.05) is 14.8 Å². The second-order valence-corrected chi connectivity index (χ2v) is 2.95. The number of aliphatic hydroxyl groups excluding tert-OH is 1. The Morgan fingerprint density at radius 1 is 1.43 bits per heavy atom. The van der Waals surface area contributed by atoms with Crippen LogP contribution in [0.25, 0.3) is 0 Å². The topological polar surface area (TPSA) is 55.5 Å². The summed E-state index contributed by atoms with van der Waals surface area (Å²) in [6.45, 7) is -5.02. The molecule has 0 bridgehead atoms. The van der Waals surface area contributed by atoms with Crippen LogP contribution in [0.3, 0.4) is 0 Å². The van der Waals surface area contributed by atoms with Crippen molar-refractivity contribution in [2.75, 3.05) is 13.2 Å². The summed E-state index contributed by atoms with van der Waals surface area (Å²) in [4.78, 5) is 0. The van der Waals surface area contributed by atoms with Crippen LogP contribution >= 0.6 is 0 Å². The van der Waals surface area contributed by atoms with E-state index in [-0.39, 0.29) is 30.0 Å². The molecule has 3 nitrogen and oxygen atoms in total. The van der Waals surface area contributed by atoms with Crippen molar-refractivity contribution in [3.05, 3.63) is 29.3 Å². The quantitative estimate of drug-likeness (QED) is 0.764. The van der Waals surface area contributed by atoms with Crippen LogP contribution in [-0.4, -0.2) is 24.4 Å². The molecule has 0 saturated carbocycles. The van der Waals surface area contributed by atoms with Crippen molar-refractivity contribution >= 4 is 0 Å². The molecule has 0 amide bonds. The predicted octanol–water partition coefficient (Wildman–Crippen LogP) is 1.00. The van der Waals surface area contributed by atoms with E-state index in [0.717, 1.165) is 6.07 Å². The third kappa shape index (κ3) is 3.36. The van der Waals surface area contributed by atoms with E-state index >= 15 is 0 Å². The Kier molecular flexibility index (Phi) is 1.83. The molecule has 0 fully saturated rings. The molecule has 1 aromatic rings. The highest BCUT2D eigenvalue weighted by Gasteiger charge is 2.02. The number of nitrogens with two attached hydrogens (primary N) is 1. The van der Waals surface area contributed by atoms with Crippen molar-refractivity contribution in [3.63, 3.8) is 0 Å². The first-order valence-electron chi connectivity index (χ1n) is 7.21. The number of hydrogen-bond acceptors (Lipinski definition) is 3. The predicted molar refractivity (Wildman–Crippen MR) is 56.5 cm³/mol. The minimum Gasteiger partial charge on any atom is -0.491 e. The van der Waals surface area contributed by atoms with Gasteiger partial charge >= 0.3 is 0 Å². The Hall–Kier alpha value is -1.06. The summed E-state index contributed by atoms with van der Waals surface area (Å²) < 4.78 is 49.3. The first-order chi connectivity index (χ1) is 9.04. The Morgan fingerprint density at radius 3 is 2.57 bits per heavy atom. The van der Waals surface area contributed by atoms with Gasteiger partial charge in [0.1, 0.15) is 18.5 Å². The maximum Gasteiger partial charge on any atom is 0.119 e. The second-order valence-electron chi connectivity index (χ2n) is 2.95. The van der Waals surface area contributed by atoms with Crippen LogP contribution in [0.15, 0.2) is 18.2 Å². The monoisotopic (exact) mass is 201 g/mol. The van der Waals surface area contributed by atoms with E-state index in [2.05, 4.69) is 0 Å². The van der Waals surface area contributed by atoms with Gasteiger partial charge < -0.3 is 15.6 Å². The van der Waals surface area contributed by atoms with Crippen molar-refractivity contribution in [1.82, 2.24) is 0 Å². The van der Waals surface area contributed by atoms with Gasteiger partial charge in [-0.05, 0) is 37.0 Å². The zero-order valence-corrected chi connectivity index (χ0v) is 7.66. The molecular formula is C11H17NO2. The molecule has 14 heavy (non-hydrogen) atoms. The first kappa shape index (κ1) is 5.14. The number of ether oxygens (including phenoxy) is 1. The van der Waals surface area contributed by atoms with E-state index in [4.69, 9.17) is 18.7 Å². The molecule has 0 radical (unpaired) electrons. The average Bonchev–Trinajstić information content (AvgIpc) is 2.33. The molecule has 3 heteroatoms. The molecule has 0 spiro atoms. The van der Waals surface area contributed by atoms with E-state index in [1.807, 2.05) is 0 Å². The summed E-state index contributed by atoms with van der Waals surface area (Å²) in [7, 11) is 0. The molecule has 1 rings (SSSR count). The lowest BCUT2D eigenvalue weighted by Gasteiger charge is -2.11. The maximum atomic E-state index is 9.31. The Balaban J connectivity index is 3.11. The Bertz CT molecular complexity index is 425. The lowest BCUT2D eigenvalue weighted by atomic mass is 10.1. The molecule has 1 unspecified atom stereocenters. The lowest BCUT2D eigenvalue weighted by molar-refractivity contribution is 0.114.